The summed E-state index contributed by atoms with van der Waals surface area (Å²) in [6, 6.07) is 8.54. The molecular weight excluding hydrogens is 324 g/mol. The Morgan fingerprint density at radius 3 is 2.58 bits per heavy atom. The second-order valence-electron chi connectivity index (χ2n) is 6.76. The lowest BCUT2D eigenvalue weighted by molar-refractivity contribution is -0.134. The molecule has 0 radical (unpaired) electrons. The van der Waals surface area contributed by atoms with E-state index >= 15 is 0 Å². The van der Waals surface area contributed by atoms with Crippen LogP contribution < -0.4 is 10.1 Å². The summed E-state index contributed by atoms with van der Waals surface area (Å²) in [6.45, 7) is 5.11. The number of benzene rings is 1. The molecule has 1 saturated carbocycles. The Kier molecular flexibility index (Phi) is 7.38. The van der Waals surface area contributed by atoms with Crippen molar-refractivity contribution in [3.63, 3.8) is 0 Å². The molecule has 1 saturated heterocycles. The molecule has 0 aromatic heterocycles. The highest BCUT2D eigenvalue weighted by molar-refractivity contribution is 5.85. The van der Waals surface area contributed by atoms with Crippen LogP contribution >= 0.6 is 12.4 Å². The van der Waals surface area contributed by atoms with Crippen molar-refractivity contribution in [1.29, 1.82) is 0 Å². The van der Waals surface area contributed by atoms with Crippen LogP contribution in [-0.4, -0.2) is 43.1 Å². The minimum absolute atomic E-state index is 0. The Labute approximate surface area is 151 Å². The topological polar surface area (TPSA) is 41.6 Å². The van der Waals surface area contributed by atoms with Crippen LogP contribution in [-0.2, 0) is 11.2 Å². The molecule has 2 fully saturated rings. The third kappa shape index (κ3) is 5.38. The zero-order valence-electron chi connectivity index (χ0n) is 14.5. The van der Waals surface area contributed by atoms with Crippen LogP contribution in [0.15, 0.2) is 24.3 Å². The van der Waals surface area contributed by atoms with Crippen LogP contribution in [0.25, 0.3) is 0 Å². The van der Waals surface area contributed by atoms with E-state index in [2.05, 4.69) is 18.3 Å². The van der Waals surface area contributed by atoms with Crippen molar-refractivity contribution in [2.75, 3.05) is 26.2 Å². The van der Waals surface area contributed by atoms with Crippen molar-refractivity contribution < 1.29 is 9.53 Å². The number of nitrogens with zero attached hydrogens (tertiary/aromatic N) is 1. The molecule has 1 aromatic rings. The Morgan fingerprint density at radius 2 is 1.92 bits per heavy atom. The first-order chi connectivity index (χ1) is 11.3. The van der Waals surface area contributed by atoms with Crippen molar-refractivity contribution in [3.05, 3.63) is 29.8 Å². The predicted octanol–water partition coefficient (Wildman–Crippen LogP) is 3.04. The van der Waals surface area contributed by atoms with Gasteiger partial charge in [-0.3, -0.25) is 4.79 Å². The lowest BCUT2D eigenvalue weighted by atomic mass is 10.0. The van der Waals surface area contributed by atoms with Crippen LogP contribution in [0.2, 0.25) is 0 Å². The maximum absolute atomic E-state index is 12.3. The van der Waals surface area contributed by atoms with Crippen LogP contribution in [0.3, 0.4) is 0 Å². The molecule has 3 rings (SSSR count). The first kappa shape index (κ1) is 19.1. The quantitative estimate of drug-likeness (QED) is 0.820. The van der Waals surface area contributed by atoms with Gasteiger partial charge in [0.15, 0.2) is 6.61 Å². The van der Waals surface area contributed by atoms with Crippen molar-refractivity contribution in [1.82, 2.24) is 10.2 Å². The molecule has 1 heterocycles. The largest absolute Gasteiger partial charge is 0.483 e. The molecule has 134 valence electrons. The van der Waals surface area contributed by atoms with E-state index in [-0.39, 0.29) is 24.9 Å². The van der Waals surface area contributed by atoms with Gasteiger partial charge in [-0.15, -0.1) is 12.4 Å². The van der Waals surface area contributed by atoms with Gasteiger partial charge in [-0.1, -0.05) is 25.1 Å². The Morgan fingerprint density at radius 1 is 1.21 bits per heavy atom. The zero-order chi connectivity index (χ0) is 16.1. The van der Waals surface area contributed by atoms with E-state index in [0.717, 1.165) is 56.1 Å². The molecule has 2 aliphatic rings. The smallest absolute Gasteiger partial charge is 0.260 e. The highest BCUT2D eigenvalue weighted by Crippen LogP contribution is 2.28. The number of hydrogen-bond donors (Lipinski definition) is 1. The normalized spacial score (nSPS) is 18.1. The molecule has 1 amide bonds. The van der Waals surface area contributed by atoms with Crippen LogP contribution in [0.5, 0.6) is 5.75 Å². The molecule has 4 nitrogen and oxygen atoms in total. The second kappa shape index (κ2) is 9.28. The number of nitrogens with one attached hydrogen (secondary N) is 1. The Bertz CT molecular complexity index is 526. The SMILES string of the molecule is CCc1ccccc1OCC(=O)N1CCC(NCC2CC2)CC1.Cl. The summed E-state index contributed by atoms with van der Waals surface area (Å²) in [6.07, 6.45) is 5.82. The Balaban J connectivity index is 0.00000208. The molecule has 0 atom stereocenters. The number of para-hydroxylation sites is 1. The average Bonchev–Trinajstić information content (AvgIpc) is 3.43. The van der Waals surface area contributed by atoms with Gasteiger partial charge in [0.05, 0.1) is 0 Å². The summed E-state index contributed by atoms with van der Waals surface area (Å²) in [5.41, 5.74) is 1.16. The van der Waals surface area contributed by atoms with Gasteiger partial charge in [-0.2, -0.15) is 0 Å². The third-order valence-corrected chi connectivity index (χ3v) is 4.94. The first-order valence-electron chi connectivity index (χ1n) is 8.98. The molecule has 1 aliphatic carbocycles. The lowest BCUT2D eigenvalue weighted by Crippen LogP contribution is -2.46. The number of piperidine rings is 1. The van der Waals surface area contributed by atoms with Gasteiger partial charge in [-0.25, -0.2) is 0 Å². The maximum atomic E-state index is 12.3. The summed E-state index contributed by atoms with van der Waals surface area (Å²) in [5, 5.41) is 3.65. The number of likely N-dealkylation sites (tertiary alicyclic amines) is 1. The highest BCUT2D eigenvalue weighted by Gasteiger charge is 2.26. The first-order valence-corrected chi connectivity index (χ1v) is 8.98. The van der Waals surface area contributed by atoms with E-state index in [1.54, 1.807) is 0 Å². The summed E-state index contributed by atoms with van der Waals surface area (Å²) in [4.78, 5) is 14.3. The summed E-state index contributed by atoms with van der Waals surface area (Å²) < 4.78 is 5.75. The number of ether oxygens (including phenoxy) is 1. The number of amides is 1. The van der Waals surface area contributed by atoms with Gasteiger partial charge in [0, 0.05) is 19.1 Å². The monoisotopic (exact) mass is 352 g/mol. The van der Waals surface area contributed by atoms with Crippen molar-refractivity contribution in [3.8, 4) is 5.75 Å². The minimum atomic E-state index is 0. The van der Waals surface area contributed by atoms with Crippen molar-refractivity contribution in [2.45, 2.75) is 45.1 Å². The fourth-order valence-corrected chi connectivity index (χ4v) is 3.16. The van der Waals surface area contributed by atoms with Gasteiger partial charge in [0.1, 0.15) is 5.75 Å². The lowest BCUT2D eigenvalue weighted by Gasteiger charge is -2.32. The molecule has 5 heteroatoms. The van der Waals surface area contributed by atoms with Crippen LogP contribution in [0.4, 0.5) is 0 Å². The van der Waals surface area contributed by atoms with E-state index in [1.807, 2.05) is 23.1 Å². The van der Waals surface area contributed by atoms with Gasteiger partial charge in [0.2, 0.25) is 0 Å². The van der Waals surface area contributed by atoms with E-state index in [9.17, 15) is 4.79 Å². The molecule has 1 N–H and O–H groups in total. The van der Waals surface area contributed by atoms with Gasteiger partial charge < -0.3 is 15.0 Å². The summed E-state index contributed by atoms with van der Waals surface area (Å²) in [5.74, 6) is 1.86. The highest BCUT2D eigenvalue weighted by atomic mass is 35.5. The third-order valence-electron chi connectivity index (χ3n) is 4.94. The molecule has 1 aliphatic heterocycles. The summed E-state index contributed by atoms with van der Waals surface area (Å²) in [7, 11) is 0. The fourth-order valence-electron chi connectivity index (χ4n) is 3.16. The van der Waals surface area contributed by atoms with Crippen molar-refractivity contribution >= 4 is 18.3 Å². The van der Waals surface area contributed by atoms with E-state index in [4.69, 9.17) is 4.74 Å². The maximum Gasteiger partial charge on any atom is 0.260 e. The van der Waals surface area contributed by atoms with E-state index in [0.29, 0.717) is 6.04 Å². The van der Waals surface area contributed by atoms with E-state index in [1.165, 1.54) is 12.8 Å². The fraction of sp³-hybridized carbons (Fsp3) is 0.632. The van der Waals surface area contributed by atoms with Crippen LogP contribution in [0.1, 0.15) is 38.2 Å². The molecular formula is C19H29ClN2O2. The van der Waals surface area contributed by atoms with Crippen LogP contribution in [0, 0.1) is 5.92 Å². The van der Waals surface area contributed by atoms with Crippen molar-refractivity contribution in [2.24, 2.45) is 5.92 Å². The zero-order valence-corrected chi connectivity index (χ0v) is 15.3. The van der Waals surface area contributed by atoms with Gasteiger partial charge >= 0.3 is 0 Å². The number of hydrogen-bond acceptors (Lipinski definition) is 3. The molecule has 0 unspecified atom stereocenters. The molecule has 24 heavy (non-hydrogen) atoms. The van der Waals surface area contributed by atoms with Gasteiger partial charge in [0.25, 0.3) is 5.91 Å². The number of carbonyl (C=O) groups excluding carboxylic acids is 1. The number of halogens is 1. The molecule has 0 spiro atoms. The summed E-state index contributed by atoms with van der Waals surface area (Å²) >= 11 is 0. The standard InChI is InChI=1S/C19H28N2O2.ClH/c1-2-16-5-3-4-6-18(16)23-14-19(22)21-11-9-17(10-12-21)20-13-15-7-8-15;/h3-6,15,17,20H,2,7-14H2,1H3;1H. The molecule has 0 bridgehead atoms. The van der Waals surface area contributed by atoms with Gasteiger partial charge in [-0.05, 0) is 56.2 Å². The number of aryl methyl sites for hydroxylation is 1. The predicted molar refractivity (Wildman–Crippen MR) is 98.9 cm³/mol. The second-order valence-corrected chi connectivity index (χ2v) is 6.76. The molecule has 1 aromatic carbocycles. The van der Waals surface area contributed by atoms with E-state index < -0.39 is 0 Å². The number of rotatable bonds is 7. The number of carbonyl (C=O) groups is 1. The Hall–Kier alpha value is -1.26. The minimum Gasteiger partial charge on any atom is -0.483 e. The average molecular weight is 353 g/mol.